The van der Waals surface area contributed by atoms with Crippen LogP contribution in [-0.2, 0) is 0 Å². The number of fused-ring (bicyclic) bond motifs is 3. The van der Waals surface area contributed by atoms with Crippen molar-refractivity contribution in [1.82, 2.24) is 0 Å². The zero-order valence-corrected chi connectivity index (χ0v) is 39.6. The van der Waals surface area contributed by atoms with Crippen molar-refractivity contribution in [2.45, 2.75) is 18.9 Å². The van der Waals surface area contributed by atoms with Crippen LogP contribution < -0.4 is 19.6 Å². The van der Waals surface area contributed by atoms with E-state index in [1.54, 1.807) is 0 Å². The summed E-state index contributed by atoms with van der Waals surface area (Å²) < 4.78 is 0. The van der Waals surface area contributed by atoms with Gasteiger partial charge in [-0.05, 0) is 173 Å². The number of hydrogen-bond donors (Lipinski definition) is 0. The SMILES string of the molecule is CC1(N(c2ccccc2)c2ccc3ccccc3c2)C=CC(N(c2ccc(N(c3ccccc3)c3ccc4ccccc4c3)cc2)c2ccc(N(c3ccccc3)c3ccc4ccccc4c3)cc2)=CC1. The third-order valence-electron chi connectivity index (χ3n) is 13.9. The van der Waals surface area contributed by atoms with Crippen LogP contribution in [0, 0.1) is 0 Å². The van der Waals surface area contributed by atoms with Crippen LogP contribution in [0.4, 0.5) is 56.9 Å². The summed E-state index contributed by atoms with van der Waals surface area (Å²) >= 11 is 0. The number of benzene rings is 11. The molecule has 0 amide bonds. The van der Waals surface area contributed by atoms with Crippen LogP contribution in [-0.4, -0.2) is 5.54 Å². The lowest BCUT2D eigenvalue weighted by atomic mass is 9.88. The molecule has 0 fully saturated rings. The van der Waals surface area contributed by atoms with Gasteiger partial charge in [0.25, 0.3) is 0 Å². The van der Waals surface area contributed by atoms with Crippen LogP contribution in [0.25, 0.3) is 32.3 Å². The molecule has 11 aromatic rings. The topological polar surface area (TPSA) is 13.0 Å². The highest BCUT2D eigenvalue weighted by molar-refractivity contribution is 5.92. The summed E-state index contributed by atoms with van der Waals surface area (Å²) in [5.74, 6) is 0. The molecular weight excluding hydrogens is 861 g/mol. The van der Waals surface area contributed by atoms with E-state index in [1.807, 2.05) is 0 Å². The zero-order valence-electron chi connectivity index (χ0n) is 39.6. The number of anilines is 10. The molecule has 0 aromatic heterocycles. The minimum absolute atomic E-state index is 0.362. The Hall–Kier alpha value is -9.12. The molecule has 0 bridgehead atoms. The number of para-hydroxylation sites is 3. The smallest absolute Gasteiger partial charge is 0.0644 e. The fraction of sp³-hybridized carbons (Fsp3) is 0.0448. The highest BCUT2D eigenvalue weighted by Gasteiger charge is 2.33. The van der Waals surface area contributed by atoms with Gasteiger partial charge >= 0.3 is 0 Å². The van der Waals surface area contributed by atoms with Crippen molar-refractivity contribution in [2.24, 2.45) is 0 Å². The number of hydrogen-bond acceptors (Lipinski definition) is 4. The highest BCUT2D eigenvalue weighted by atomic mass is 15.2. The van der Waals surface area contributed by atoms with Gasteiger partial charge in [-0.1, -0.05) is 158 Å². The summed E-state index contributed by atoms with van der Waals surface area (Å²) in [6.07, 6.45) is 7.91. The van der Waals surface area contributed by atoms with Gasteiger partial charge in [-0.15, -0.1) is 0 Å². The summed E-state index contributed by atoms with van der Waals surface area (Å²) in [7, 11) is 0. The summed E-state index contributed by atoms with van der Waals surface area (Å²) in [6, 6.07) is 96.2. The predicted molar refractivity (Wildman–Crippen MR) is 302 cm³/mol. The second-order valence-corrected chi connectivity index (χ2v) is 18.5. The van der Waals surface area contributed by atoms with Gasteiger partial charge in [0.15, 0.2) is 0 Å². The van der Waals surface area contributed by atoms with E-state index in [2.05, 4.69) is 312 Å². The number of allylic oxidation sites excluding steroid dienone is 1. The van der Waals surface area contributed by atoms with E-state index >= 15 is 0 Å². The van der Waals surface area contributed by atoms with Gasteiger partial charge in [-0.25, -0.2) is 0 Å². The summed E-state index contributed by atoms with van der Waals surface area (Å²) in [5, 5.41) is 7.31. The third kappa shape index (κ3) is 8.58. The van der Waals surface area contributed by atoms with Gasteiger partial charge in [0.05, 0.1) is 5.54 Å². The molecular formula is C67H52N4. The molecule has 4 heteroatoms. The van der Waals surface area contributed by atoms with Crippen molar-refractivity contribution in [2.75, 3.05) is 19.6 Å². The first kappa shape index (κ1) is 43.2. The Bertz CT molecular complexity index is 3530. The van der Waals surface area contributed by atoms with Crippen molar-refractivity contribution in [3.63, 3.8) is 0 Å². The molecule has 4 nitrogen and oxygen atoms in total. The standard InChI is InChI=1S/C67H52N4/c1-67(71(63-27-9-4-10-28-63)66-34-31-52-19-13-16-22-55(52)49-66)45-43-62(44-46-67)68(58-35-39-60(40-36-58)69(56-23-5-2-6-24-56)64-32-29-50-17-11-14-20-53(50)47-64)59-37-41-61(42-38-59)70(57-25-7-3-8-26-57)65-33-30-51-18-12-15-21-54(51)48-65/h2-45,47-49H,46H2,1H3. The molecule has 0 radical (unpaired) electrons. The van der Waals surface area contributed by atoms with E-state index in [0.717, 1.165) is 69.0 Å². The van der Waals surface area contributed by atoms with E-state index in [4.69, 9.17) is 0 Å². The Kier molecular flexibility index (Phi) is 11.4. The Morgan fingerprint density at radius 1 is 0.282 bits per heavy atom. The predicted octanol–water partition coefficient (Wildman–Crippen LogP) is 18.7. The van der Waals surface area contributed by atoms with Crippen molar-refractivity contribution in [3.8, 4) is 0 Å². The van der Waals surface area contributed by atoms with E-state index < -0.39 is 0 Å². The lowest BCUT2D eigenvalue weighted by molar-refractivity contribution is 0.567. The van der Waals surface area contributed by atoms with Crippen molar-refractivity contribution >= 4 is 89.2 Å². The summed E-state index contributed by atoms with van der Waals surface area (Å²) in [5.41, 5.74) is 11.8. The lowest BCUT2D eigenvalue weighted by Crippen LogP contribution is -2.43. The molecule has 12 rings (SSSR count). The zero-order chi connectivity index (χ0) is 47.6. The maximum atomic E-state index is 2.49. The van der Waals surface area contributed by atoms with E-state index in [9.17, 15) is 0 Å². The monoisotopic (exact) mass is 912 g/mol. The van der Waals surface area contributed by atoms with Crippen LogP contribution in [0.2, 0.25) is 0 Å². The van der Waals surface area contributed by atoms with Crippen LogP contribution in [0.15, 0.2) is 291 Å². The van der Waals surface area contributed by atoms with Gasteiger partial charge in [-0.3, -0.25) is 0 Å². The first-order chi connectivity index (χ1) is 35.0. The quantitative estimate of drug-likeness (QED) is 0.121. The minimum atomic E-state index is -0.362. The summed E-state index contributed by atoms with van der Waals surface area (Å²) in [6.45, 7) is 2.35. The molecule has 0 saturated heterocycles. The molecule has 0 spiro atoms. The molecule has 11 aromatic carbocycles. The molecule has 1 unspecified atom stereocenters. The van der Waals surface area contributed by atoms with Gasteiger partial charge in [0.2, 0.25) is 0 Å². The van der Waals surface area contributed by atoms with Crippen LogP contribution >= 0.6 is 0 Å². The Labute approximate surface area is 416 Å². The largest absolute Gasteiger partial charge is 0.332 e. The average molecular weight is 913 g/mol. The highest BCUT2D eigenvalue weighted by Crippen LogP contribution is 2.44. The van der Waals surface area contributed by atoms with Crippen LogP contribution in [0.3, 0.4) is 0 Å². The van der Waals surface area contributed by atoms with Gasteiger partial charge < -0.3 is 19.6 Å². The minimum Gasteiger partial charge on any atom is -0.332 e. The van der Waals surface area contributed by atoms with Gasteiger partial charge in [0.1, 0.15) is 0 Å². The fourth-order valence-electron chi connectivity index (χ4n) is 10.3. The van der Waals surface area contributed by atoms with Gasteiger partial charge in [0, 0.05) is 62.6 Å². The maximum Gasteiger partial charge on any atom is 0.0644 e. The second-order valence-electron chi connectivity index (χ2n) is 18.5. The van der Waals surface area contributed by atoms with Crippen LogP contribution in [0.5, 0.6) is 0 Å². The van der Waals surface area contributed by atoms with Crippen molar-refractivity contribution in [3.05, 3.63) is 291 Å². The van der Waals surface area contributed by atoms with Crippen molar-refractivity contribution in [1.29, 1.82) is 0 Å². The number of nitrogens with zero attached hydrogens (tertiary/aromatic N) is 4. The Morgan fingerprint density at radius 3 is 0.986 bits per heavy atom. The average Bonchev–Trinajstić information content (AvgIpc) is 3.43. The molecule has 1 aliphatic rings. The van der Waals surface area contributed by atoms with E-state index in [0.29, 0.717) is 0 Å². The van der Waals surface area contributed by atoms with Crippen molar-refractivity contribution < 1.29 is 0 Å². The molecule has 1 atom stereocenters. The van der Waals surface area contributed by atoms with E-state index in [-0.39, 0.29) is 5.54 Å². The normalized spacial score (nSPS) is 14.3. The Morgan fingerprint density at radius 2 is 0.592 bits per heavy atom. The summed E-state index contributed by atoms with van der Waals surface area (Å²) in [4.78, 5) is 9.58. The Balaban J connectivity index is 0.948. The molecule has 1 aliphatic carbocycles. The first-order valence-corrected chi connectivity index (χ1v) is 24.5. The fourth-order valence-corrected chi connectivity index (χ4v) is 10.3. The van der Waals surface area contributed by atoms with Gasteiger partial charge in [-0.2, -0.15) is 0 Å². The molecule has 71 heavy (non-hydrogen) atoms. The molecule has 0 saturated carbocycles. The molecule has 0 N–H and O–H groups in total. The molecule has 340 valence electrons. The lowest BCUT2D eigenvalue weighted by Gasteiger charge is -2.43. The third-order valence-corrected chi connectivity index (χ3v) is 13.9. The second kappa shape index (κ2) is 18.8. The number of rotatable bonds is 12. The molecule has 0 heterocycles. The van der Waals surface area contributed by atoms with Crippen LogP contribution in [0.1, 0.15) is 13.3 Å². The maximum absolute atomic E-state index is 2.49. The van der Waals surface area contributed by atoms with E-state index in [1.165, 1.54) is 32.3 Å². The first-order valence-electron chi connectivity index (χ1n) is 24.5. The molecule has 0 aliphatic heterocycles.